The standard InChI is InChI=1S/C21H16O5/c1-26-15-10-8-14(9-11-15)17-20(24)18(22)16(19(23)21(17)25)12-7-13-5-3-2-4-6-13/h2-12,22,25H,1H3/b12-7+. The average Bonchev–Trinajstić information content (AvgIpc) is 2.68. The van der Waals surface area contributed by atoms with E-state index in [9.17, 15) is 19.8 Å². The highest BCUT2D eigenvalue weighted by molar-refractivity contribution is 6.38. The molecule has 0 radical (unpaired) electrons. The smallest absolute Gasteiger partial charge is 0.232 e. The van der Waals surface area contributed by atoms with Crippen molar-refractivity contribution in [2.45, 2.75) is 0 Å². The second kappa shape index (κ2) is 7.11. The lowest BCUT2D eigenvalue weighted by molar-refractivity contribution is -0.118. The first-order valence-corrected chi connectivity index (χ1v) is 7.86. The highest BCUT2D eigenvalue weighted by Crippen LogP contribution is 2.31. The van der Waals surface area contributed by atoms with Crippen molar-refractivity contribution >= 4 is 23.2 Å². The first kappa shape index (κ1) is 17.2. The van der Waals surface area contributed by atoms with E-state index < -0.39 is 23.1 Å². The predicted molar refractivity (Wildman–Crippen MR) is 97.7 cm³/mol. The van der Waals surface area contributed by atoms with E-state index in [1.807, 2.05) is 30.3 Å². The molecule has 0 spiro atoms. The monoisotopic (exact) mass is 348 g/mol. The van der Waals surface area contributed by atoms with Crippen LogP contribution < -0.4 is 4.74 Å². The van der Waals surface area contributed by atoms with Gasteiger partial charge in [0.25, 0.3) is 0 Å². The Morgan fingerprint density at radius 1 is 0.808 bits per heavy atom. The quantitative estimate of drug-likeness (QED) is 0.824. The molecule has 0 unspecified atom stereocenters. The van der Waals surface area contributed by atoms with Crippen molar-refractivity contribution in [3.05, 3.63) is 88.9 Å². The number of benzene rings is 2. The van der Waals surface area contributed by atoms with Gasteiger partial charge in [0.2, 0.25) is 11.6 Å². The molecule has 0 aliphatic heterocycles. The van der Waals surface area contributed by atoms with Crippen LogP contribution in [-0.4, -0.2) is 28.9 Å². The summed E-state index contributed by atoms with van der Waals surface area (Å²) in [6.45, 7) is 0. The van der Waals surface area contributed by atoms with Crippen LogP contribution in [0.2, 0.25) is 0 Å². The van der Waals surface area contributed by atoms with Crippen molar-refractivity contribution in [1.82, 2.24) is 0 Å². The largest absolute Gasteiger partial charge is 0.504 e. The third-order valence-corrected chi connectivity index (χ3v) is 4.01. The molecule has 3 rings (SSSR count). The summed E-state index contributed by atoms with van der Waals surface area (Å²) < 4.78 is 5.05. The van der Waals surface area contributed by atoms with Gasteiger partial charge in [-0.15, -0.1) is 0 Å². The number of ether oxygens (including phenoxy) is 1. The van der Waals surface area contributed by atoms with Gasteiger partial charge in [-0.25, -0.2) is 0 Å². The number of methoxy groups -OCH3 is 1. The maximum atomic E-state index is 12.5. The first-order valence-electron chi connectivity index (χ1n) is 7.86. The summed E-state index contributed by atoms with van der Waals surface area (Å²) in [6.07, 6.45) is 2.91. The summed E-state index contributed by atoms with van der Waals surface area (Å²) >= 11 is 0. The zero-order valence-corrected chi connectivity index (χ0v) is 14.0. The fourth-order valence-corrected chi connectivity index (χ4v) is 2.62. The molecule has 26 heavy (non-hydrogen) atoms. The van der Waals surface area contributed by atoms with Gasteiger partial charge in [0.1, 0.15) is 5.75 Å². The fraction of sp³-hybridized carbons (Fsp3) is 0.0476. The van der Waals surface area contributed by atoms with Gasteiger partial charge in [0.05, 0.1) is 18.3 Å². The Bertz CT molecular complexity index is 948. The number of carbonyl (C=O) groups is 2. The minimum absolute atomic E-state index is 0.230. The van der Waals surface area contributed by atoms with Crippen molar-refractivity contribution in [2.75, 3.05) is 7.11 Å². The minimum Gasteiger partial charge on any atom is -0.504 e. The zero-order valence-electron chi connectivity index (χ0n) is 14.0. The first-order chi connectivity index (χ1) is 12.5. The number of hydrogen-bond donors (Lipinski definition) is 2. The van der Waals surface area contributed by atoms with Gasteiger partial charge < -0.3 is 14.9 Å². The molecule has 2 N–H and O–H groups in total. The van der Waals surface area contributed by atoms with Crippen LogP contribution in [0, 0.1) is 0 Å². The highest BCUT2D eigenvalue weighted by atomic mass is 16.5. The van der Waals surface area contributed by atoms with Crippen LogP contribution in [0.15, 0.2) is 77.8 Å². The van der Waals surface area contributed by atoms with E-state index in [1.54, 1.807) is 18.2 Å². The van der Waals surface area contributed by atoms with E-state index in [2.05, 4.69) is 0 Å². The Kier molecular flexibility index (Phi) is 4.71. The summed E-state index contributed by atoms with van der Waals surface area (Å²) in [6, 6.07) is 15.4. The normalized spacial score (nSPS) is 15.1. The van der Waals surface area contributed by atoms with E-state index in [-0.39, 0.29) is 11.1 Å². The lowest BCUT2D eigenvalue weighted by atomic mass is 9.88. The fourth-order valence-electron chi connectivity index (χ4n) is 2.62. The molecular formula is C21H16O5. The zero-order chi connectivity index (χ0) is 18.7. The molecule has 2 aromatic rings. The second-order valence-corrected chi connectivity index (χ2v) is 5.62. The highest BCUT2D eigenvalue weighted by Gasteiger charge is 2.34. The molecule has 0 saturated carbocycles. The lowest BCUT2D eigenvalue weighted by Gasteiger charge is -2.16. The maximum absolute atomic E-state index is 12.5. The minimum atomic E-state index is -0.806. The molecule has 2 aromatic carbocycles. The molecule has 5 heteroatoms. The number of Topliss-reactive ketones (excluding diaryl/α,β-unsaturated/α-hetero) is 2. The molecule has 5 nitrogen and oxygen atoms in total. The van der Waals surface area contributed by atoms with Gasteiger partial charge in [0.15, 0.2) is 11.5 Å². The van der Waals surface area contributed by atoms with E-state index >= 15 is 0 Å². The van der Waals surface area contributed by atoms with E-state index in [0.29, 0.717) is 11.3 Å². The van der Waals surface area contributed by atoms with Crippen molar-refractivity contribution in [2.24, 2.45) is 0 Å². The lowest BCUT2D eigenvalue weighted by Crippen LogP contribution is -2.22. The maximum Gasteiger partial charge on any atom is 0.232 e. The van der Waals surface area contributed by atoms with Crippen LogP contribution >= 0.6 is 0 Å². The molecule has 0 amide bonds. The third-order valence-electron chi connectivity index (χ3n) is 4.01. The molecule has 1 aliphatic carbocycles. The number of rotatable bonds is 4. The average molecular weight is 348 g/mol. The number of aliphatic hydroxyl groups excluding tert-OH is 2. The van der Waals surface area contributed by atoms with E-state index in [1.165, 1.54) is 25.3 Å². The third kappa shape index (κ3) is 3.15. The summed E-state index contributed by atoms with van der Waals surface area (Å²) in [5.74, 6) is -2.42. The van der Waals surface area contributed by atoms with E-state index in [0.717, 1.165) is 5.56 Å². The SMILES string of the molecule is COc1ccc(C2=C(O)C(=O)C(/C=C/c3ccccc3)=C(O)C2=O)cc1. The molecule has 0 bridgehead atoms. The number of carbonyl (C=O) groups excluding carboxylic acids is 2. The summed E-state index contributed by atoms with van der Waals surface area (Å²) in [5.41, 5.74) is 0.636. The summed E-state index contributed by atoms with van der Waals surface area (Å²) in [4.78, 5) is 25.0. The second-order valence-electron chi connectivity index (χ2n) is 5.62. The van der Waals surface area contributed by atoms with Crippen LogP contribution in [0.1, 0.15) is 11.1 Å². The Morgan fingerprint density at radius 2 is 1.46 bits per heavy atom. The van der Waals surface area contributed by atoms with Gasteiger partial charge in [-0.05, 0) is 29.3 Å². The number of hydrogen-bond acceptors (Lipinski definition) is 5. The predicted octanol–water partition coefficient (Wildman–Crippen LogP) is 3.64. The van der Waals surface area contributed by atoms with Crippen molar-refractivity contribution in [3.8, 4) is 5.75 Å². The molecular weight excluding hydrogens is 332 g/mol. The van der Waals surface area contributed by atoms with Crippen molar-refractivity contribution in [1.29, 1.82) is 0 Å². The molecule has 0 heterocycles. The van der Waals surface area contributed by atoms with Crippen LogP contribution in [-0.2, 0) is 9.59 Å². The van der Waals surface area contributed by atoms with Crippen molar-refractivity contribution in [3.63, 3.8) is 0 Å². The van der Waals surface area contributed by atoms with Crippen molar-refractivity contribution < 1.29 is 24.5 Å². The molecule has 0 aromatic heterocycles. The topological polar surface area (TPSA) is 83.8 Å². The Morgan fingerprint density at radius 3 is 2.08 bits per heavy atom. The van der Waals surface area contributed by atoms with Gasteiger partial charge in [-0.1, -0.05) is 48.5 Å². The summed E-state index contributed by atoms with van der Waals surface area (Å²) in [5, 5.41) is 20.5. The van der Waals surface area contributed by atoms with Crippen LogP contribution in [0.5, 0.6) is 5.75 Å². The number of aliphatic hydroxyl groups is 2. The molecule has 130 valence electrons. The van der Waals surface area contributed by atoms with Gasteiger partial charge >= 0.3 is 0 Å². The van der Waals surface area contributed by atoms with Crippen LogP contribution in [0.25, 0.3) is 11.6 Å². The Balaban J connectivity index is 1.97. The number of allylic oxidation sites excluding steroid dienone is 3. The Labute approximate surface area is 150 Å². The molecule has 0 saturated heterocycles. The molecule has 0 atom stereocenters. The summed E-state index contributed by atoms with van der Waals surface area (Å²) in [7, 11) is 1.50. The molecule has 1 aliphatic rings. The van der Waals surface area contributed by atoms with Crippen LogP contribution in [0.4, 0.5) is 0 Å². The van der Waals surface area contributed by atoms with Crippen LogP contribution in [0.3, 0.4) is 0 Å². The van der Waals surface area contributed by atoms with Gasteiger partial charge in [-0.3, -0.25) is 9.59 Å². The molecule has 0 fully saturated rings. The Hall–Kier alpha value is -3.60. The number of ketones is 2. The van der Waals surface area contributed by atoms with Gasteiger partial charge in [-0.2, -0.15) is 0 Å². The van der Waals surface area contributed by atoms with E-state index in [4.69, 9.17) is 4.74 Å². The van der Waals surface area contributed by atoms with Gasteiger partial charge in [0, 0.05) is 0 Å².